The van der Waals surface area contributed by atoms with Crippen molar-refractivity contribution in [2.75, 3.05) is 25.6 Å². The topological polar surface area (TPSA) is 83.6 Å². The Morgan fingerprint density at radius 3 is 2.70 bits per heavy atom. The maximum atomic E-state index is 12.5. The van der Waals surface area contributed by atoms with Crippen molar-refractivity contribution in [2.24, 2.45) is 0 Å². The maximum absolute atomic E-state index is 12.5. The summed E-state index contributed by atoms with van der Waals surface area (Å²) < 4.78 is 49.3. The summed E-state index contributed by atoms with van der Waals surface area (Å²) in [4.78, 5) is 0.929. The minimum Gasteiger partial charge on any atom is -0.315 e. The van der Waals surface area contributed by atoms with Gasteiger partial charge in [0.25, 0.3) is 10.0 Å². The summed E-state index contributed by atoms with van der Waals surface area (Å²) in [6.45, 7) is 0.613. The second-order valence-electron chi connectivity index (χ2n) is 4.83. The van der Waals surface area contributed by atoms with Gasteiger partial charge in [-0.3, -0.25) is 0 Å². The summed E-state index contributed by atoms with van der Waals surface area (Å²) in [6, 6.07) is 2.89. The van der Waals surface area contributed by atoms with E-state index in [0.29, 0.717) is 13.0 Å². The van der Waals surface area contributed by atoms with Gasteiger partial charge in [0, 0.05) is 24.5 Å². The molecule has 2 heterocycles. The third-order valence-corrected chi connectivity index (χ3v) is 8.56. The number of sulfone groups is 1. The molecule has 0 spiro atoms. The van der Waals surface area contributed by atoms with E-state index in [1.165, 1.54) is 22.7 Å². The molecule has 6 nitrogen and oxygen atoms in total. The van der Waals surface area contributed by atoms with Crippen LogP contribution in [0.3, 0.4) is 0 Å². The SMILES string of the molecule is CNCc1ccc(S(=O)(=O)N(C)C2CCS(=O)(=O)C2)s1. The van der Waals surface area contributed by atoms with Gasteiger partial charge in [-0.25, -0.2) is 16.8 Å². The van der Waals surface area contributed by atoms with Gasteiger partial charge in [0.1, 0.15) is 4.21 Å². The lowest BCUT2D eigenvalue weighted by Crippen LogP contribution is -2.37. The van der Waals surface area contributed by atoms with Crippen molar-refractivity contribution in [3.05, 3.63) is 17.0 Å². The van der Waals surface area contributed by atoms with Crippen molar-refractivity contribution in [2.45, 2.75) is 23.2 Å². The van der Waals surface area contributed by atoms with Crippen molar-refractivity contribution < 1.29 is 16.8 Å². The molecule has 20 heavy (non-hydrogen) atoms. The molecule has 0 amide bonds. The first kappa shape index (κ1) is 15.9. The van der Waals surface area contributed by atoms with Crippen molar-refractivity contribution in [1.29, 1.82) is 0 Å². The van der Waals surface area contributed by atoms with Gasteiger partial charge in [-0.15, -0.1) is 11.3 Å². The molecule has 0 aromatic carbocycles. The summed E-state index contributed by atoms with van der Waals surface area (Å²) in [7, 11) is -3.46. The Morgan fingerprint density at radius 1 is 1.45 bits per heavy atom. The lowest BCUT2D eigenvalue weighted by atomic mass is 10.3. The van der Waals surface area contributed by atoms with Crippen molar-refractivity contribution >= 4 is 31.2 Å². The van der Waals surface area contributed by atoms with Gasteiger partial charge in [0.2, 0.25) is 0 Å². The molecule has 1 unspecified atom stereocenters. The molecule has 1 saturated heterocycles. The third-order valence-electron chi connectivity index (χ3n) is 3.34. The Morgan fingerprint density at radius 2 is 2.15 bits per heavy atom. The van der Waals surface area contributed by atoms with Crippen LogP contribution >= 0.6 is 11.3 Å². The molecule has 2 rings (SSSR count). The molecule has 1 aromatic rings. The summed E-state index contributed by atoms with van der Waals surface area (Å²) in [5.41, 5.74) is 0. The molecule has 1 N–H and O–H groups in total. The largest absolute Gasteiger partial charge is 0.315 e. The summed E-state index contributed by atoms with van der Waals surface area (Å²) in [6.07, 6.45) is 0.368. The van der Waals surface area contributed by atoms with E-state index >= 15 is 0 Å². The first-order chi connectivity index (χ1) is 9.26. The van der Waals surface area contributed by atoms with Gasteiger partial charge >= 0.3 is 0 Å². The Labute approximate surface area is 123 Å². The van der Waals surface area contributed by atoms with Crippen LogP contribution in [-0.2, 0) is 26.4 Å². The van der Waals surface area contributed by atoms with E-state index in [4.69, 9.17) is 0 Å². The average Bonchev–Trinajstić information content (AvgIpc) is 2.95. The van der Waals surface area contributed by atoms with E-state index in [9.17, 15) is 16.8 Å². The normalized spacial score (nSPS) is 22.4. The van der Waals surface area contributed by atoms with E-state index in [1.807, 2.05) is 0 Å². The zero-order chi connectivity index (χ0) is 15.0. The highest BCUT2D eigenvalue weighted by Gasteiger charge is 2.36. The van der Waals surface area contributed by atoms with E-state index < -0.39 is 25.9 Å². The van der Waals surface area contributed by atoms with Crippen LogP contribution in [0, 0.1) is 0 Å². The molecular weight excluding hydrogens is 320 g/mol. The molecule has 114 valence electrons. The number of nitrogens with zero attached hydrogens (tertiary/aromatic N) is 1. The smallest absolute Gasteiger partial charge is 0.252 e. The standard InChI is InChI=1S/C11H18N2O4S3/c1-12-7-10-3-4-11(18-10)20(16,17)13(2)9-5-6-19(14,15)8-9/h3-4,9,12H,5-8H2,1-2H3. The number of rotatable bonds is 5. The maximum Gasteiger partial charge on any atom is 0.252 e. The Kier molecular flexibility index (Phi) is 4.55. The Bertz CT molecular complexity index is 678. The number of hydrogen-bond donors (Lipinski definition) is 1. The quantitative estimate of drug-likeness (QED) is 0.833. The van der Waals surface area contributed by atoms with Crippen LogP contribution in [0.15, 0.2) is 16.3 Å². The minimum absolute atomic E-state index is 0.0625. The molecule has 9 heteroatoms. The molecule has 0 radical (unpaired) electrons. The molecule has 0 saturated carbocycles. The summed E-state index contributed by atoms with van der Waals surface area (Å²) >= 11 is 1.21. The van der Waals surface area contributed by atoms with Crippen molar-refractivity contribution in [1.82, 2.24) is 9.62 Å². The second kappa shape index (κ2) is 5.72. The molecule has 1 fully saturated rings. The summed E-state index contributed by atoms with van der Waals surface area (Å²) in [5.74, 6) is -0.0234. The van der Waals surface area contributed by atoms with E-state index in [2.05, 4.69) is 5.32 Å². The van der Waals surface area contributed by atoms with Gasteiger partial charge in [0.05, 0.1) is 11.5 Å². The first-order valence-corrected chi connectivity index (χ1v) is 10.3. The first-order valence-electron chi connectivity index (χ1n) is 6.18. The van der Waals surface area contributed by atoms with Crippen molar-refractivity contribution in [3.63, 3.8) is 0 Å². The average molecular weight is 338 g/mol. The number of nitrogens with one attached hydrogen (secondary N) is 1. The second-order valence-corrected chi connectivity index (χ2v) is 10.5. The number of hydrogen-bond acceptors (Lipinski definition) is 6. The van der Waals surface area contributed by atoms with Crippen LogP contribution in [-0.4, -0.2) is 52.8 Å². The van der Waals surface area contributed by atoms with Crippen LogP contribution in [0.2, 0.25) is 0 Å². The lowest BCUT2D eigenvalue weighted by molar-refractivity contribution is 0.395. The highest BCUT2D eigenvalue weighted by molar-refractivity contribution is 7.92. The Hall–Kier alpha value is -0.480. The van der Waals surface area contributed by atoms with E-state index in [1.54, 1.807) is 19.2 Å². The summed E-state index contributed by atoms with van der Waals surface area (Å²) in [5, 5.41) is 2.97. The molecule has 0 bridgehead atoms. The van der Waals surface area contributed by atoms with Gasteiger partial charge < -0.3 is 5.32 Å². The van der Waals surface area contributed by atoms with Crippen LogP contribution in [0.4, 0.5) is 0 Å². The highest BCUT2D eigenvalue weighted by atomic mass is 32.2. The van der Waals surface area contributed by atoms with Crippen LogP contribution in [0.1, 0.15) is 11.3 Å². The van der Waals surface area contributed by atoms with E-state index in [-0.39, 0.29) is 15.7 Å². The molecule has 1 aliphatic heterocycles. The van der Waals surface area contributed by atoms with Crippen molar-refractivity contribution in [3.8, 4) is 0 Å². The predicted octanol–water partition coefficient (Wildman–Crippen LogP) is 0.275. The fourth-order valence-electron chi connectivity index (χ4n) is 2.17. The van der Waals surface area contributed by atoms with Crippen LogP contribution in [0.5, 0.6) is 0 Å². The zero-order valence-corrected chi connectivity index (χ0v) is 13.8. The lowest BCUT2D eigenvalue weighted by Gasteiger charge is -2.21. The molecule has 1 aromatic heterocycles. The fraction of sp³-hybridized carbons (Fsp3) is 0.636. The van der Waals surface area contributed by atoms with Crippen LogP contribution in [0.25, 0.3) is 0 Å². The fourth-order valence-corrected chi connectivity index (χ4v) is 6.97. The Balaban J connectivity index is 2.21. The van der Waals surface area contributed by atoms with Gasteiger partial charge in [-0.05, 0) is 25.6 Å². The molecule has 1 aliphatic rings. The minimum atomic E-state index is -3.61. The highest BCUT2D eigenvalue weighted by Crippen LogP contribution is 2.28. The van der Waals surface area contributed by atoms with E-state index in [0.717, 1.165) is 4.88 Å². The third kappa shape index (κ3) is 3.22. The zero-order valence-electron chi connectivity index (χ0n) is 11.4. The monoisotopic (exact) mass is 338 g/mol. The van der Waals surface area contributed by atoms with Gasteiger partial charge in [0.15, 0.2) is 9.84 Å². The predicted molar refractivity (Wildman–Crippen MR) is 79.1 cm³/mol. The van der Waals surface area contributed by atoms with Gasteiger partial charge in [-0.2, -0.15) is 4.31 Å². The molecule has 0 aliphatic carbocycles. The molecule has 1 atom stereocenters. The number of thiophene rings is 1. The van der Waals surface area contributed by atoms with Gasteiger partial charge in [-0.1, -0.05) is 0 Å². The molecular formula is C11H18N2O4S3. The number of sulfonamides is 1. The van der Waals surface area contributed by atoms with Crippen LogP contribution < -0.4 is 5.32 Å².